The van der Waals surface area contributed by atoms with Crippen LogP contribution in [-0.4, -0.2) is 24.2 Å². The highest BCUT2D eigenvalue weighted by molar-refractivity contribution is 7.22. The molecule has 116 valence electrons. The van der Waals surface area contributed by atoms with Gasteiger partial charge in [-0.3, -0.25) is 4.79 Å². The number of hydrogen-bond donors (Lipinski definition) is 1. The minimum atomic E-state index is -0.247. The van der Waals surface area contributed by atoms with Crippen LogP contribution in [0, 0.1) is 13.5 Å². The lowest BCUT2D eigenvalue weighted by Gasteiger charge is -2.09. The van der Waals surface area contributed by atoms with Gasteiger partial charge in [0.05, 0.1) is 26.2 Å². The molecule has 6 nitrogen and oxygen atoms in total. The van der Waals surface area contributed by atoms with E-state index in [1.54, 1.807) is 39.3 Å². The fraction of sp³-hybridized carbons (Fsp3) is 0.188. The summed E-state index contributed by atoms with van der Waals surface area (Å²) >= 11 is 1.22. The number of aryl methyl sites for hydroxylation is 1. The van der Waals surface area contributed by atoms with Gasteiger partial charge in [-0.15, -0.1) is 11.3 Å². The molecule has 0 saturated heterocycles. The number of nitrogens with one attached hydrogen (secondary N) is 1. The Bertz CT molecular complexity index is 998. The molecule has 1 aromatic carbocycles. The lowest BCUT2D eigenvalue weighted by Crippen LogP contribution is -2.09. The van der Waals surface area contributed by atoms with Crippen molar-refractivity contribution >= 4 is 26.6 Å². The van der Waals surface area contributed by atoms with Crippen molar-refractivity contribution in [2.24, 2.45) is 0 Å². The first-order valence-corrected chi connectivity index (χ1v) is 7.54. The van der Waals surface area contributed by atoms with Gasteiger partial charge < -0.3 is 14.5 Å². The first kappa shape index (κ1) is 15.1. The second-order valence-corrected chi connectivity index (χ2v) is 5.79. The molecule has 0 fully saturated rings. The summed E-state index contributed by atoms with van der Waals surface area (Å²) in [6, 6.07) is 5.30. The Labute approximate surface area is 136 Å². The molecular weight excluding hydrogens is 314 g/mol. The van der Waals surface area contributed by atoms with Gasteiger partial charge >= 0.3 is 0 Å². The standard InChI is InChI=1S/C16H13N3O3S/c1-8-12-14(20)18-13(19-16(12)23-15(8)17-2)9-5-6-10(21-3)11(7-9)22-4/h5-7H,1,3-4H3,(H,18,19,20). The minimum absolute atomic E-state index is 0.247. The van der Waals surface area contributed by atoms with Crippen LogP contribution in [0.4, 0.5) is 5.00 Å². The van der Waals surface area contributed by atoms with E-state index in [2.05, 4.69) is 14.8 Å². The molecule has 0 aliphatic carbocycles. The van der Waals surface area contributed by atoms with E-state index >= 15 is 0 Å². The summed E-state index contributed by atoms with van der Waals surface area (Å²) in [5.74, 6) is 1.58. The lowest BCUT2D eigenvalue weighted by atomic mass is 10.2. The minimum Gasteiger partial charge on any atom is -0.493 e. The van der Waals surface area contributed by atoms with E-state index in [1.165, 1.54) is 11.3 Å². The molecule has 23 heavy (non-hydrogen) atoms. The predicted molar refractivity (Wildman–Crippen MR) is 89.8 cm³/mol. The molecule has 1 N–H and O–H groups in total. The van der Waals surface area contributed by atoms with Crippen LogP contribution in [0.1, 0.15) is 5.56 Å². The molecule has 0 atom stereocenters. The van der Waals surface area contributed by atoms with Gasteiger partial charge in [-0.05, 0) is 30.7 Å². The zero-order valence-corrected chi connectivity index (χ0v) is 13.6. The number of methoxy groups -OCH3 is 2. The van der Waals surface area contributed by atoms with E-state index in [0.717, 1.165) is 0 Å². The topological polar surface area (TPSA) is 68.6 Å². The average Bonchev–Trinajstić information content (AvgIpc) is 2.90. The molecule has 0 aliphatic heterocycles. The average molecular weight is 327 g/mol. The van der Waals surface area contributed by atoms with E-state index in [9.17, 15) is 4.79 Å². The van der Waals surface area contributed by atoms with Crippen molar-refractivity contribution in [3.8, 4) is 22.9 Å². The number of aromatic amines is 1. The number of nitrogens with zero attached hydrogens (tertiary/aromatic N) is 2. The highest BCUT2D eigenvalue weighted by Gasteiger charge is 2.15. The molecule has 3 aromatic rings. The van der Waals surface area contributed by atoms with Gasteiger partial charge in [0.2, 0.25) is 5.00 Å². The van der Waals surface area contributed by atoms with E-state index in [4.69, 9.17) is 16.0 Å². The second kappa shape index (κ2) is 5.74. The smallest absolute Gasteiger partial charge is 0.258 e. The Morgan fingerprint density at radius 1 is 1.26 bits per heavy atom. The molecule has 0 aliphatic rings. The quantitative estimate of drug-likeness (QED) is 0.747. The molecule has 0 amide bonds. The maximum atomic E-state index is 12.4. The van der Waals surface area contributed by atoms with E-state index in [0.29, 0.717) is 43.7 Å². The Hall–Kier alpha value is -2.85. The first-order valence-electron chi connectivity index (χ1n) is 6.72. The Balaban J connectivity index is 2.22. The van der Waals surface area contributed by atoms with E-state index in [-0.39, 0.29) is 5.56 Å². The number of benzene rings is 1. The first-order chi connectivity index (χ1) is 11.1. The van der Waals surface area contributed by atoms with Crippen LogP contribution in [0.2, 0.25) is 0 Å². The van der Waals surface area contributed by atoms with Crippen molar-refractivity contribution in [2.75, 3.05) is 14.2 Å². The van der Waals surface area contributed by atoms with Crippen LogP contribution in [-0.2, 0) is 0 Å². The number of ether oxygens (including phenoxy) is 2. The zero-order valence-electron chi connectivity index (χ0n) is 12.8. The number of aromatic nitrogens is 2. The van der Waals surface area contributed by atoms with Crippen molar-refractivity contribution in [1.29, 1.82) is 0 Å². The highest BCUT2D eigenvalue weighted by atomic mass is 32.1. The van der Waals surface area contributed by atoms with E-state index in [1.807, 2.05) is 0 Å². The van der Waals surface area contributed by atoms with Crippen molar-refractivity contribution in [3.05, 3.63) is 45.5 Å². The number of thiophene rings is 1. The van der Waals surface area contributed by atoms with Gasteiger partial charge in [0.25, 0.3) is 5.56 Å². The summed E-state index contributed by atoms with van der Waals surface area (Å²) in [4.78, 5) is 23.6. The number of fused-ring (bicyclic) bond motifs is 1. The van der Waals surface area contributed by atoms with Crippen LogP contribution in [0.5, 0.6) is 11.5 Å². The Kier molecular flexibility index (Phi) is 3.76. The fourth-order valence-electron chi connectivity index (χ4n) is 2.36. The molecule has 0 radical (unpaired) electrons. The third kappa shape index (κ3) is 2.43. The second-order valence-electron chi connectivity index (χ2n) is 4.81. The molecule has 0 saturated carbocycles. The predicted octanol–water partition coefficient (Wildman–Crippen LogP) is 3.53. The van der Waals surface area contributed by atoms with Gasteiger partial charge in [-0.2, -0.15) is 0 Å². The molecule has 2 heterocycles. The number of hydrogen-bond acceptors (Lipinski definition) is 5. The van der Waals surface area contributed by atoms with Gasteiger partial charge in [0, 0.05) is 5.56 Å². The van der Waals surface area contributed by atoms with Gasteiger partial charge in [-0.1, -0.05) is 0 Å². The zero-order chi connectivity index (χ0) is 16.6. The molecule has 0 spiro atoms. The highest BCUT2D eigenvalue weighted by Crippen LogP contribution is 2.36. The van der Waals surface area contributed by atoms with Crippen LogP contribution >= 0.6 is 11.3 Å². The molecule has 7 heteroatoms. The van der Waals surface area contributed by atoms with Crippen molar-refractivity contribution in [3.63, 3.8) is 0 Å². The third-order valence-corrected chi connectivity index (χ3v) is 4.61. The Morgan fingerprint density at radius 2 is 2.00 bits per heavy atom. The van der Waals surface area contributed by atoms with Gasteiger partial charge in [-0.25, -0.2) is 9.83 Å². The van der Waals surface area contributed by atoms with Crippen molar-refractivity contribution < 1.29 is 9.47 Å². The molecular formula is C16H13N3O3S. The normalized spacial score (nSPS) is 10.5. The number of H-pyrrole nitrogens is 1. The fourth-order valence-corrected chi connectivity index (χ4v) is 3.33. The van der Waals surface area contributed by atoms with Gasteiger partial charge in [0.15, 0.2) is 11.5 Å². The number of rotatable bonds is 3. The summed E-state index contributed by atoms with van der Waals surface area (Å²) in [5, 5.41) is 0.965. The monoisotopic (exact) mass is 327 g/mol. The van der Waals surface area contributed by atoms with Crippen molar-refractivity contribution in [2.45, 2.75) is 6.92 Å². The van der Waals surface area contributed by atoms with Crippen LogP contribution in [0.3, 0.4) is 0 Å². The molecule has 0 unspecified atom stereocenters. The molecule has 2 aromatic heterocycles. The SMILES string of the molecule is [C-]#[N+]c1sc2nc(-c3ccc(OC)c(OC)c3)[nH]c(=O)c2c1C. The summed E-state index contributed by atoms with van der Waals surface area (Å²) in [6.07, 6.45) is 0. The van der Waals surface area contributed by atoms with Crippen LogP contribution in [0.15, 0.2) is 23.0 Å². The Morgan fingerprint density at radius 3 is 2.65 bits per heavy atom. The molecule has 3 rings (SSSR count). The summed E-state index contributed by atoms with van der Waals surface area (Å²) in [5.41, 5.74) is 1.13. The largest absolute Gasteiger partial charge is 0.493 e. The summed E-state index contributed by atoms with van der Waals surface area (Å²) in [6.45, 7) is 8.93. The maximum Gasteiger partial charge on any atom is 0.258 e. The summed E-state index contributed by atoms with van der Waals surface area (Å²) < 4.78 is 10.5. The third-order valence-electron chi connectivity index (χ3n) is 3.53. The maximum absolute atomic E-state index is 12.4. The van der Waals surface area contributed by atoms with Crippen molar-refractivity contribution in [1.82, 2.24) is 9.97 Å². The molecule has 0 bridgehead atoms. The van der Waals surface area contributed by atoms with Gasteiger partial charge in [0.1, 0.15) is 10.7 Å². The van der Waals surface area contributed by atoms with E-state index < -0.39 is 0 Å². The van der Waals surface area contributed by atoms with Crippen LogP contribution in [0.25, 0.3) is 26.4 Å². The van der Waals surface area contributed by atoms with Crippen LogP contribution < -0.4 is 15.0 Å². The summed E-state index contributed by atoms with van der Waals surface area (Å²) in [7, 11) is 3.11. The lowest BCUT2D eigenvalue weighted by molar-refractivity contribution is 0.355.